The summed E-state index contributed by atoms with van der Waals surface area (Å²) >= 11 is 0. The lowest BCUT2D eigenvalue weighted by molar-refractivity contribution is 0.161. The van der Waals surface area contributed by atoms with Crippen molar-refractivity contribution in [3.8, 4) is 0 Å². The number of allylic oxidation sites excluding steroid dienone is 1. The van der Waals surface area contributed by atoms with Gasteiger partial charge >= 0.3 is 0 Å². The summed E-state index contributed by atoms with van der Waals surface area (Å²) in [7, 11) is 0. The average Bonchev–Trinajstić information content (AvgIpc) is 2.53. The third-order valence-corrected chi connectivity index (χ3v) is 3.43. The van der Waals surface area contributed by atoms with Crippen molar-refractivity contribution in [2.24, 2.45) is 0 Å². The van der Waals surface area contributed by atoms with E-state index in [1.54, 1.807) is 0 Å². The summed E-state index contributed by atoms with van der Waals surface area (Å²) in [6.45, 7) is 1.98. The minimum atomic E-state index is -0.596. The minimum Gasteiger partial charge on any atom is -0.392 e. The van der Waals surface area contributed by atoms with E-state index in [4.69, 9.17) is 5.11 Å². The third kappa shape index (κ3) is 3.35. The van der Waals surface area contributed by atoms with Crippen LogP contribution in [-0.4, -0.2) is 10.2 Å². The Hall–Kier alpha value is -1.90. The van der Waals surface area contributed by atoms with Crippen molar-refractivity contribution in [3.63, 3.8) is 0 Å². The van der Waals surface area contributed by atoms with Gasteiger partial charge in [0.1, 0.15) is 0 Å². The van der Waals surface area contributed by atoms with E-state index in [1.807, 2.05) is 73.7 Å². The normalized spacial score (nSPS) is 14.3. The van der Waals surface area contributed by atoms with Crippen LogP contribution in [0, 0.1) is 0 Å². The van der Waals surface area contributed by atoms with Gasteiger partial charge in [0.25, 0.3) is 0 Å². The van der Waals surface area contributed by atoms with E-state index >= 15 is 0 Å². The quantitative estimate of drug-likeness (QED) is 0.814. The molecule has 0 aliphatic carbocycles. The van der Waals surface area contributed by atoms with Gasteiger partial charge in [-0.05, 0) is 23.6 Å². The molecule has 2 nitrogen and oxygen atoms in total. The SMILES string of the molecule is C/C=C/[C@@H](c1ccccc1)[C@H](O)c1ccc(CO)cc1. The highest BCUT2D eigenvalue weighted by atomic mass is 16.3. The number of aliphatic hydroxyl groups excluding tert-OH is 2. The lowest BCUT2D eigenvalue weighted by Gasteiger charge is -2.21. The van der Waals surface area contributed by atoms with Gasteiger partial charge in [0.15, 0.2) is 0 Å². The van der Waals surface area contributed by atoms with E-state index in [0.717, 1.165) is 16.7 Å². The molecule has 0 aliphatic rings. The van der Waals surface area contributed by atoms with Crippen LogP contribution in [0.25, 0.3) is 0 Å². The molecule has 2 atom stereocenters. The number of aliphatic hydroxyl groups is 2. The van der Waals surface area contributed by atoms with Crippen LogP contribution in [0.3, 0.4) is 0 Å². The van der Waals surface area contributed by atoms with Gasteiger partial charge in [-0.25, -0.2) is 0 Å². The summed E-state index contributed by atoms with van der Waals surface area (Å²) in [5, 5.41) is 19.7. The summed E-state index contributed by atoms with van der Waals surface area (Å²) in [4.78, 5) is 0. The molecule has 20 heavy (non-hydrogen) atoms. The second-order valence-corrected chi connectivity index (χ2v) is 4.81. The molecule has 0 aliphatic heterocycles. The first-order valence-electron chi connectivity index (χ1n) is 6.81. The second-order valence-electron chi connectivity index (χ2n) is 4.81. The van der Waals surface area contributed by atoms with Crippen molar-refractivity contribution >= 4 is 0 Å². The maximum absolute atomic E-state index is 10.6. The lowest BCUT2D eigenvalue weighted by Crippen LogP contribution is -2.09. The van der Waals surface area contributed by atoms with Crippen LogP contribution < -0.4 is 0 Å². The fraction of sp³-hybridized carbons (Fsp3) is 0.222. The van der Waals surface area contributed by atoms with E-state index in [-0.39, 0.29) is 12.5 Å². The van der Waals surface area contributed by atoms with Crippen molar-refractivity contribution in [1.29, 1.82) is 0 Å². The van der Waals surface area contributed by atoms with Crippen LogP contribution >= 0.6 is 0 Å². The summed E-state index contributed by atoms with van der Waals surface area (Å²) in [6, 6.07) is 17.4. The Morgan fingerprint density at radius 2 is 1.60 bits per heavy atom. The van der Waals surface area contributed by atoms with Gasteiger partial charge in [-0.15, -0.1) is 0 Å². The largest absolute Gasteiger partial charge is 0.392 e. The molecule has 2 aromatic rings. The summed E-state index contributed by atoms with van der Waals surface area (Å²) in [5.74, 6) is -0.0684. The first-order valence-corrected chi connectivity index (χ1v) is 6.81. The number of benzene rings is 2. The van der Waals surface area contributed by atoms with E-state index < -0.39 is 6.10 Å². The summed E-state index contributed by atoms with van der Waals surface area (Å²) in [5.41, 5.74) is 2.79. The molecule has 0 saturated carbocycles. The van der Waals surface area contributed by atoms with E-state index in [0.29, 0.717) is 0 Å². The molecule has 2 aromatic carbocycles. The Morgan fingerprint density at radius 3 is 2.15 bits per heavy atom. The Bertz CT molecular complexity index is 543. The topological polar surface area (TPSA) is 40.5 Å². The number of hydrogen-bond acceptors (Lipinski definition) is 2. The fourth-order valence-electron chi connectivity index (χ4n) is 2.31. The monoisotopic (exact) mass is 268 g/mol. The Kier molecular flexibility index (Phi) is 5.10. The van der Waals surface area contributed by atoms with Gasteiger partial charge < -0.3 is 10.2 Å². The molecule has 0 unspecified atom stereocenters. The van der Waals surface area contributed by atoms with Gasteiger partial charge in [0.05, 0.1) is 12.7 Å². The van der Waals surface area contributed by atoms with Crippen LogP contribution in [0.2, 0.25) is 0 Å². The van der Waals surface area contributed by atoms with Crippen molar-refractivity contribution in [2.75, 3.05) is 0 Å². The molecule has 2 heteroatoms. The standard InChI is InChI=1S/C18H20O2/c1-2-6-17(15-7-4-3-5-8-15)18(20)16-11-9-14(13-19)10-12-16/h2-12,17-20H,13H2,1H3/b6-2+/t17-,18+/m0/s1. The van der Waals surface area contributed by atoms with Gasteiger partial charge in [-0.3, -0.25) is 0 Å². The molecule has 104 valence electrons. The van der Waals surface area contributed by atoms with Gasteiger partial charge in [0.2, 0.25) is 0 Å². The summed E-state index contributed by atoms with van der Waals surface area (Å²) in [6.07, 6.45) is 3.38. The van der Waals surface area contributed by atoms with Gasteiger partial charge in [-0.1, -0.05) is 66.7 Å². The van der Waals surface area contributed by atoms with Crippen molar-refractivity contribution in [1.82, 2.24) is 0 Å². The molecule has 0 spiro atoms. The van der Waals surface area contributed by atoms with Gasteiger partial charge in [-0.2, -0.15) is 0 Å². The smallest absolute Gasteiger partial charge is 0.0893 e. The average molecular weight is 268 g/mol. The molecule has 0 saturated heterocycles. The third-order valence-electron chi connectivity index (χ3n) is 3.43. The number of hydrogen-bond donors (Lipinski definition) is 2. The fourth-order valence-corrected chi connectivity index (χ4v) is 2.31. The maximum Gasteiger partial charge on any atom is 0.0893 e. The highest BCUT2D eigenvalue weighted by molar-refractivity contribution is 5.31. The predicted octanol–water partition coefficient (Wildman–Crippen LogP) is 3.57. The molecule has 0 amide bonds. The lowest BCUT2D eigenvalue weighted by atomic mass is 9.88. The van der Waals surface area contributed by atoms with E-state index in [9.17, 15) is 5.11 Å². The van der Waals surface area contributed by atoms with Crippen LogP contribution in [0.4, 0.5) is 0 Å². The second kappa shape index (κ2) is 7.04. The summed E-state index contributed by atoms with van der Waals surface area (Å²) < 4.78 is 0. The first kappa shape index (κ1) is 14.5. The molecular weight excluding hydrogens is 248 g/mol. The van der Waals surface area contributed by atoms with E-state index in [1.165, 1.54) is 0 Å². The Morgan fingerprint density at radius 1 is 0.950 bits per heavy atom. The van der Waals surface area contributed by atoms with Crippen molar-refractivity contribution in [2.45, 2.75) is 25.6 Å². The Labute approximate surface area is 120 Å². The molecule has 0 bridgehead atoms. The van der Waals surface area contributed by atoms with Crippen molar-refractivity contribution < 1.29 is 10.2 Å². The van der Waals surface area contributed by atoms with Crippen LogP contribution in [0.1, 0.15) is 35.6 Å². The van der Waals surface area contributed by atoms with E-state index in [2.05, 4.69) is 0 Å². The van der Waals surface area contributed by atoms with Crippen molar-refractivity contribution in [3.05, 3.63) is 83.4 Å². The maximum atomic E-state index is 10.6. The zero-order chi connectivity index (χ0) is 14.4. The highest BCUT2D eigenvalue weighted by Gasteiger charge is 2.19. The number of rotatable bonds is 5. The molecule has 0 aromatic heterocycles. The first-order chi connectivity index (χ1) is 9.76. The molecule has 2 N–H and O–H groups in total. The molecular formula is C18H20O2. The minimum absolute atomic E-state index is 0.0212. The van der Waals surface area contributed by atoms with Gasteiger partial charge in [0, 0.05) is 5.92 Å². The predicted molar refractivity (Wildman–Crippen MR) is 81.3 cm³/mol. The van der Waals surface area contributed by atoms with Crippen LogP contribution in [0.5, 0.6) is 0 Å². The molecule has 0 radical (unpaired) electrons. The Balaban J connectivity index is 2.28. The zero-order valence-corrected chi connectivity index (χ0v) is 11.6. The highest BCUT2D eigenvalue weighted by Crippen LogP contribution is 2.32. The van der Waals surface area contributed by atoms with Crippen LogP contribution in [0.15, 0.2) is 66.7 Å². The van der Waals surface area contributed by atoms with Crippen LogP contribution in [-0.2, 0) is 6.61 Å². The molecule has 0 fully saturated rings. The molecule has 0 heterocycles. The zero-order valence-electron chi connectivity index (χ0n) is 11.6. The molecule has 2 rings (SSSR count).